The lowest BCUT2D eigenvalue weighted by atomic mass is 10.2. The van der Waals surface area contributed by atoms with Crippen molar-refractivity contribution in [2.45, 2.75) is 0 Å². The average molecular weight is 213 g/mol. The number of nitrogens with two attached hydrogens (primary N) is 1. The first kappa shape index (κ1) is 10.2. The summed E-state index contributed by atoms with van der Waals surface area (Å²) in [6, 6.07) is 16.1. The first-order chi connectivity index (χ1) is 7.75. The van der Waals surface area contributed by atoms with Gasteiger partial charge in [-0.3, -0.25) is 4.79 Å². The molecule has 0 unspecified atom stereocenters. The van der Waals surface area contributed by atoms with Crippen LogP contribution in [0.3, 0.4) is 0 Å². The molecule has 0 fully saturated rings. The summed E-state index contributed by atoms with van der Waals surface area (Å²) in [6.45, 7) is 0. The van der Waals surface area contributed by atoms with Gasteiger partial charge < -0.3 is 10.5 Å². The minimum atomic E-state index is -0.460. The highest BCUT2D eigenvalue weighted by molar-refractivity contribution is 5.93. The van der Waals surface area contributed by atoms with Crippen LogP contribution in [-0.2, 0) is 0 Å². The predicted molar refractivity (Wildman–Crippen MR) is 61.5 cm³/mol. The van der Waals surface area contributed by atoms with Gasteiger partial charge in [0.05, 0.1) is 0 Å². The van der Waals surface area contributed by atoms with Crippen LogP contribution in [0, 0.1) is 0 Å². The molecule has 0 spiro atoms. The van der Waals surface area contributed by atoms with Gasteiger partial charge in [-0.15, -0.1) is 0 Å². The Morgan fingerprint density at radius 3 is 2.31 bits per heavy atom. The molecule has 2 rings (SSSR count). The summed E-state index contributed by atoms with van der Waals surface area (Å²) in [6.07, 6.45) is 0. The lowest BCUT2D eigenvalue weighted by Crippen LogP contribution is -2.10. The van der Waals surface area contributed by atoms with E-state index in [0.717, 1.165) is 5.75 Å². The zero-order valence-electron chi connectivity index (χ0n) is 8.59. The summed E-state index contributed by atoms with van der Waals surface area (Å²) in [7, 11) is 0. The van der Waals surface area contributed by atoms with Crippen molar-refractivity contribution >= 4 is 5.91 Å². The van der Waals surface area contributed by atoms with Crippen molar-refractivity contribution in [1.29, 1.82) is 0 Å². The SMILES string of the molecule is NC(=O)c1cccc(Oc2ccccc2)c1. The third kappa shape index (κ3) is 2.39. The van der Waals surface area contributed by atoms with E-state index in [1.54, 1.807) is 24.3 Å². The molecule has 0 radical (unpaired) electrons. The maximum atomic E-state index is 11.0. The Kier molecular flexibility index (Phi) is 2.87. The standard InChI is InChI=1S/C13H11NO2/c14-13(15)10-5-4-8-12(9-10)16-11-6-2-1-3-7-11/h1-9H,(H2,14,15). The number of para-hydroxylation sites is 1. The van der Waals surface area contributed by atoms with Crippen molar-refractivity contribution in [1.82, 2.24) is 0 Å². The van der Waals surface area contributed by atoms with Gasteiger partial charge in [-0.05, 0) is 30.3 Å². The lowest BCUT2D eigenvalue weighted by molar-refractivity contribution is 0.1000. The predicted octanol–water partition coefficient (Wildman–Crippen LogP) is 2.58. The van der Waals surface area contributed by atoms with E-state index >= 15 is 0 Å². The van der Waals surface area contributed by atoms with Crippen molar-refractivity contribution < 1.29 is 9.53 Å². The molecule has 0 aromatic heterocycles. The van der Waals surface area contributed by atoms with Gasteiger partial charge in [0.25, 0.3) is 0 Å². The molecule has 0 aliphatic heterocycles. The molecule has 0 aliphatic rings. The van der Waals surface area contributed by atoms with Crippen LogP contribution in [0.25, 0.3) is 0 Å². The maximum Gasteiger partial charge on any atom is 0.248 e. The number of hydrogen-bond donors (Lipinski definition) is 1. The molecule has 0 bridgehead atoms. The number of ether oxygens (including phenoxy) is 1. The largest absolute Gasteiger partial charge is 0.457 e. The van der Waals surface area contributed by atoms with E-state index < -0.39 is 5.91 Å². The van der Waals surface area contributed by atoms with Crippen LogP contribution in [0.4, 0.5) is 0 Å². The number of hydrogen-bond acceptors (Lipinski definition) is 2. The summed E-state index contributed by atoms with van der Waals surface area (Å²) >= 11 is 0. The van der Waals surface area contributed by atoms with E-state index in [2.05, 4.69) is 0 Å². The molecular weight excluding hydrogens is 202 g/mol. The normalized spacial score (nSPS) is 9.75. The topological polar surface area (TPSA) is 52.3 Å². The smallest absolute Gasteiger partial charge is 0.248 e. The van der Waals surface area contributed by atoms with Crippen LogP contribution in [0.2, 0.25) is 0 Å². The van der Waals surface area contributed by atoms with Crippen molar-refractivity contribution in [3.8, 4) is 11.5 Å². The number of rotatable bonds is 3. The van der Waals surface area contributed by atoms with E-state index in [1.165, 1.54) is 0 Å². The Bertz CT molecular complexity index is 494. The zero-order valence-corrected chi connectivity index (χ0v) is 8.59. The molecule has 2 N–H and O–H groups in total. The first-order valence-electron chi connectivity index (χ1n) is 4.88. The molecule has 0 heterocycles. The van der Waals surface area contributed by atoms with Crippen LogP contribution in [-0.4, -0.2) is 5.91 Å². The quantitative estimate of drug-likeness (QED) is 0.851. The molecule has 3 nitrogen and oxygen atoms in total. The molecule has 0 aliphatic carbocycles. The lowest BCUT2D eigenvalue weighted by Gasteiger charge is -2.05. The zero-order chi connectivity index (χ0) is 11.4. The Hall–Kier alpha value is -2.29. The monoisotopic (exact) mass is 213 g/mol. The van der Waals surface area contributed by atoms with E-state index in [9.17, 15) is 4.79 Å². The Morgan fingerprint density at radius 1 is 0.938 bits per heavy atom. The van der Waals surface area contributed by atoms with Crippen molar-refractivity contribution in [3.05, 3.63) is 60.2 Å². The van der Waals surface area contributed by atoms with Gasteiger partial charge in [-0.2, -0.15) is 0 Å². The Balaban J connectivity index is 2.22. The second-order valence-electron chi connectivity index (χ2n) is 3.31. The number of benzene rings is 2. The molecule has 80 valence electrons. The van der Waals surface area contributed by atoms with Crippen LogP contribution in [0.5, 0.6) is 11.5 Å². The van der Waals surface area contributed by atoms with Crippen molar-refractivity contribution in [2.24, 2.45) is 5.73 Å². The van der Waals surface area contributed by atoms with E-state index in [-0.39, 0.29) is 0 Å². The van der Waals surface area contributed by atoms with Gasteiger partial charge in [0.15, 0.2) is 0 Å². The van der Waals surface area contributed by atoms with Crippen LogP contribution >= 0.6 is 0 Å². The minimum Gasteiger partial charge on any atom is -0.457 e. The van der Waals surface area contributed by atoms with Crippen molar-refractivity contribution in [3.63, 3.8) is 0 Å². The van der Waals surface area contributed by atoms with Gasteiger partial charge in [0, 0.05) is 5.56 Å². The molecular formula is C13H11NO2. The number of carbonyl (C=O) groups is 1. The van der Waals surface area contributed by atoms with Gasteiger partial charge >= 0.3 is 0 Å². The van der Waals surface area contributed by atoms with Crippen molar-refractivity contribution in [2.75, 3.05) is 0 Å². The maximum absolute atomic E-state index is 11.0. The molecule has 0 atom stereocenters. The molecule has 16 heavy (non-hydrogen) atoms. The third-order valence-corrected chi connectivity index (χ3v) is 2.10. The second kappa shape index (κ2) is 4.49. The van der Waals surface area contributed by atoms with E-state index in [0.29, 0.717) is 11.3 Å². The summed E-state index contributed by atoms with van der Waals surface area (Å²) in [5, 5.41) is 0. The van der Waals surface area contributed by atoms with Crippen LogP contribution in [0.1, 0.15) is 10.4 Å². The third-order valence-electron chi connectivity index (χ3n) is 2.10. The van der Waals surface area contributed by atoms with Gasteiger partial charge in [0.1, 0.15) is 11.5 Å². The van der Waals surface area contributed by atoms with E-state index in [4.69, 9.17) is 10.5 Å². The molecule has 2 aromatic rings. The molecule has 3 heteroatoms. The molecule has 1 amide bonds. The summed E-state index contributed by atoms with van der Waals surface area (Å²) in [5.41, 5.74) is 5.62. The van der Waals surface area contributed by atoms with Gasteiger partial charge in [-0.25, -0.2) is 0 Å². The average Bonchev–Trinajstić information content (AvgIpc) is 2.30. The van der Waals surface area contributed by atoms with Gasteiger partial charge in [0.2, 0.25) is 5.91 Å². The minimum absolute atomic E-state index is 0.438. The summed E-state index contributed by atoms with van der Waals surface area (Å²) in [4.78, 5) is 11.0. The highest BCUT2D eigenvalue weighted by atomic mass is 16.5. The second-order valence-corrected chi connectivity index (χ2v) is 3.31. The first-order valence-corrected chi connectivity index (χ1v) is 4.88. The highest BCUT2D eigenvalue weighted by Gasteiger charge is 2.02. The highest BCUT2D eigenvalue weighted by Crippen LogP contribution is 2.21. The Morgan fingerprint density at radius 2 is 1.62 bits per heavy atom. The molecule has 0 saturated carbocycles. The fourth-order valence-electron chi connectivity index (χ4n) is 1.34. The number of primary amides is 1. The number of carbonyl (C=O) groups excluding carboxylic acids is 1. The number of amides is 1. The fourth-order valence-corrected chi connectivity index (χ4v) is 1.34. The molecule has 0 saturated heterocycles. The van der Waals surface area contributed by atoms with Gasteiger partial charge in [-0.1, -0.05) is 24.3 Å². The fraction of sp³-hybridized carbons (Fsp3) is 0. The van der Waals surface area contributed by atoms with E-state index in [1.807, 2.05) is 30.3 Å². The summed E-state index contributed by atoms with van der Waals surface area (Å²) < 4.78 is 5.56. The molecule has 2 aromatic carbocycles. The van der Waals surface area contributed by atoms with Crippen LogP contribution in [0.15, 0.2) is 54.6 Å². The van der Waals surface area contributed by atoms with Crippen LogP contribution < -0.4 is 10.5 Å². The Labute approximate surface area is 93.5 Å². The summed E-state index contributed by atoms with van der Waals surface area (Å²) in [5.74, 6) is 0.866.